The molecule has 0 unspecified atom stereocenters. The van der Waals surface area contributed by atoms with Gasteiger partial charge in [-0.05, 0) is 29.8 Å². The Morgan fingerprint density at radius 2 is 2.00 bits per heavy atom. The standard InChI is InChI=1S/C19H16Cl2N4O3S/c20-11-3-4-12(13(21)10-11)15(24-5-8-27-9-6-24)16-18(26)25-19(29-16)22-17(23-25)14-2-1-7-28-14/h1-4,7,10,15,26H,5-6,8-9H2/t15-/m0/s1. The minimum atomic E-state index is -0.260. The Kier molecular flexibility index (Phi) is 4.97. The molecule has 7 nitrogen and oxygen atoms in total. The highest BCUT2D eigenvalue weighted by Crippen LogP contribution is 2.43. The van der Waals surface area contributed by atoms with Crippen molar-refractivity contribution in [1.82, 2.24) is 19.5 Å². The fourth-order valence-corrected chi connectivity index (χ4v) is 5.12. The number of hydrogen-bond donors (Lipinski definition) is 1. The van der Waals surface area contributed by atoms with E-state index >= 15 is 0 Å². The summed E-state index contributed by atoms with van der Waals surface area (Å²) in [7, 11) is 0. The van der Waals surface area contributed by atoms with Crippen molar-refractivity contribution in [3.8, 4) is 17.5 Å². The Balaban J connectivity index is 1.62. The van der Waals surface area contributed by atoms with E-state index in [4.69, 9.17) is 32.4 Å². The first-order valence-electron chi connectivity index (χ1n) is 9.01. The quantitative estimate of drug-likeness (QED) is 0.493. The lowest BCUT2D eigenvalue weighted by molar-refractivity contribution is 0.0241. The molecule has 0 bridgehead atoms. The van der Waals surface area contributed by atoms with Gasteiger partial charge in [-0.25, -0.2) is 0 Å². The molecular weight excluding hydrogens is 435 g/mol. The second-order valence-electron chi connectivity index (χ2n) is 6.61. The molecule has 150 valence electrons. The average molecular weight is 451 g/mol. The molecule has 0 radical (unpaired) electrons. The minimum Gasteiger partial charge on any atom is -0.492 e. The molecule has 0 amide bonds. The first-order valence-corrected chi connectivity index (χ1v) is 10.6. The van der Waals surface area contributed by atoms with Crippen LogP contribution in [0.4, 0.5) is 0 Å². The molecule has 5 rings (SSSR count). The van der Waals surface area contributed by atoms with E-state index in [2.05, 4.69) is 15.0 Å². The molecule has 0 spiro atoms. The van der Waals surface area contributed by atoms with Gasteiger partial charge in [-0.15, -0.1) is 5.10 Å². The normalized spacial score (nSPS) is 16.5. The number of halogens is 2. The van der Waals surface area contributed by atoms with Crippen molar-refractivity contribution in [2.45, 2.75) is 6.04 Å². The first kappa shape index (κ1) is 18.9. The van der Waals surface area contributed by atoms with Crippen molar-refractivity contribution in [2.75, 3.05) is 26.3 Å². The van der Waals surface area contributed by atoms with Crippen LogP contribution in [0.1, 0.15) is 16.5 Å². The number of hydrogen-bond acceptors (Lipinski definition) is 7. The molecule has 1 saturated heterocycles. The molecule has 4 aromatic rings. The van der Waals surface area contributed by atoms with Gasteiger partial charge in [0.1, 0.15) is 0 Å². The summed E-state index contributed by atoms with van der Waals surface area (Å²) in [6.07, 6.45) is 1.56. The summed E-state index contributed by atoms with van der Waals surface area (Å²) in [6, 6.07) is 8.71. The second-order valence-corrected chi connectivity index (χ2v) is 8.47. The number of thiazole rings is 1. The average Bonchev–Trinajstić information content (AvgIpc) is 3.43. The van der Waals surface area contributed by atoms with Gasteiger partial charge in [-0.1, -0.05) is 40.6 Å². The van der Waals surface area contributed by atoms with Gasteiger partial charge in [0.15, 0.2) is 5.76 Å². The molecule has 4 heterocycles. The van der Waals surface area contributed by atoms with Crippen molar-refractivity contribution in [2.24, 2.45) is 0 Å². The maximum atomic E-state index is 11.0. The van der Waals surface area contributed by atoms with Crippen molar-refractivity contribution >= 4 is 39.5 Å². The third-order valence-electron chi connectivity index (χ3n) is 4.86. The predicted octanol–water partition coefficient (Wildman–Crippen LogP) is 4.48. The monoisotopic (exact) mass is 450 g/mol. The van der Waals surface area contributed by atoms with E-state index in [1.54, 1.807) is 30.5 Å². The molecule has 1 aromatic carbocycles. The lowest BCUT2D eigenvalue weighted by atomic mass is 10.0. The zero-order valence-electron chi connectivity index (χ0n) is 15.1. The second kappa shape index (κ2) is 7.62. The van der Waals surface area contributed by atoms with Gasteiger partial charge < -0.3 is 14.3 Å². The molecule has 10 heteroatoms. The number of furan rings is 1. The highest BCUT2D eigenvalue weighted by molar-refractivity contribution is 7.17. The van der Waals surface area contributed by atoms with Crippen molar-refractivity contribution in [1.29, 1.82) is 0 Å². The van der Waals surface area contributed by atoms with Crippen LogP contribution in [0.5, 0.6) is 5.88 Å². The lowest BCUT2D eigenvalue weighted by Gasteiger charge is -2.34. The number of aromatic hydroxyl groups is 1. The van der Waals surface area contributed by atoms with Crippen LogP contribution < -0.4 is 0 Å². The molecule has 1 aliphatic heterocycles. The Bertz CT molecular complexity index is 1150. The van der Waals surface area contributed by atoms with Crippen molar-refractivity contribution in [3.63, 3.8) is 0 Å². The summed E-state index contributed by atoms with van der Waals surface area (Å²) in [5.41, 5.74) is 0.865. The fourth-order valence-electron chi connectivity index (χ4n) is 3.50. The number of fused-ring (bicyclic) bond motifs is 1. The Labute approximate surface area is 180 Å². The van der Waals surface area contributed by atoms with E-state index in [0.717, 1.165) is 10.4 Å². The zero-order chi connectivity index (χ0) is 20.0. The van der Waals surface area contributed by atoms with Gasteiger partial charge in [0.05, 0.1) is 30.4 Å². The van der Waals surface area contributed by atoms with Gasteiger partial charge in [0.2, 0.25) is 16.7 Å². The summed E-state index contributed by atoms with van der Waals surface area (Å²) in [6.45, 7) is 2.67. The molecule has 3 aromatic heterocycles. The van der Waals surface area contributed by atoms with E-state index in [0.29, 0.717) is 52.9 Å². The smallest absolute Gasteiger partial charge is 0.230 e. The number of aromatic nitrogens is 3. The fraction of sp³-hybridized carbons (Fsp3) is 0.263. The Morgan fingerprint density at radius 1 is 1.17 bits per heavy atom. The molecular formula is C19H16Cl2N4O3S. The number of rotatable bonds is 4. The number of nitrogens with zero attached hydrogens (tertiary/aromatic N) is 4. The van der Waals surface area contributed by atoms with E-state index in [1.807, 2.05) is 6.07 Å². The van der Waals surface area contributed by atoms with Crippen molar-refractivity contribution in [3.05, 3.63) is 57.1 Å². The number of morpholine rings is 1. The molecule has 1 N–H and O–H groups in total. The van der Waals surface area contributed by atoms with Crippen LogP contribution in [0.25, 0.3) is 16.5 Å². The third kappa shape index (κ3) is 3.41. The predicted molar refractivity (Wildman–Crippen MR) is 111 cm³/mol. The Morgan fingerprint density at radius 3 is 2.69 bits per heavy atom. The maximum Gasteiger partial charge on any atom is 0.230 e. The zero-order valence-corrected chi connectivity index (χ0v) is 17.4. The maximum absolute atomic E-state index is 11.0. The highest BCUT2D eigenvalue weighted by Gasteiger charge is 2.32. The highest BCUT2D eigenvalue weighted by atomic mass is 35.5. The molecule has 1 aliphatic rings. The summed E-state index contributed by atoms with van der Waals surface area (Å²) in [4.78, 5) is 8.04. The minimum absolute atomic E-state index is 0.0396. The Hall–Kier alpha value is -2.10. The molecule has 0 saturated carbocycles. The van der Waals surface area contributed by atoms with E-state index in [1.165, 1.54) is 15.9 Å². The molecule has 0 aliphatic carbocycles. The van der Waals surface area contributed by atoms with Gasteiger partial charge in [-0.3, -0.25) is 4.90 Å². The van der Waals surface area contributed by atoms with Crippen LogP contribution >= 0.6 is 34.5 Å². The van der Waals surface area contributed by atoms with Gasteiger partial charge >= 0.3 is 0 Å². The van der Waals surface area contributed by atoms with Crippen LogP contribution in [0, 0.1) is 0 Å². The SMILES string of the molecule is Oc1c([C@H](c2ccc(Cl)cc2Cl)N2CCOCC2)sc2nc(-c3ccco3)nn12. The molecule has 1 atom stereocenters. The lowest BCUT2D eigenvalue weighted by Crippen LogP contribution is -2.39. The molecule has 1 fully saturated rings. The largest absolute Gasteiger partial charge is 0.492 e. The third-order valence-corrected chi connectivity index (χ3v) is 6.49. The van der Waals surface area contributed by atoms with Gasteiger partial charge in [0.25, 0.3) is 0 Å². The van der Waals surface area contributed by atoms with Crippen LogP contribution in [0.3, 0.4) is 0 Å². The van der Waals surface area contributed by atoms with Crippen LogP contribution in [-0.2, 0) is 4.74 Å². The topological polar surface area (TPSA) is 76.0 Å². The summed E-state index contributed by atoms with van der Waals surface area (Å²) in [5, 5.41) is 16.5. The summed E-state index contributed by atoms with van der Waals surface area (Å²) < 4.78 is 12.3. The number of ether oxygens (including phenoxy) is 1. The van der Waals surface area contributed by atoms with Crippen molar-refractivity contribution < 1.29 is 14.3 Å². The van der Waals surface area contributed by atoms with Crippen LogP contribution in [0.2, 0.25) is 10.0 Å². The summed E-state index contributed by atoms with van der Waals surface area (Å²) >= 11 is 14.0. The van der Waals surface area contributed by atoms with Crippen LogP contribution in [0.15, 0.2) is 41.0 Å². The van der Waals surface area contributed by atoms with Gasteiger partial charge in [0, 0.05) is 23.1 Å². The van der Waals surface area contributed by atoms with E-state index < -0.39 is 0 Å². The van der Waals surface area contributed by atoms with Gasteiger partial charge in [-0.2, -0.15) is 9.50 Å². The van der Waals surface area contributed by atoms with E-state index in [-0.39, 0.29) is 11.9 Å². The number of benzene rings is 1. The first-order chi connectivity index (χ1) is 14.1. The summed E-state index contributed by atoms with van der Waals surface area (Å²) in [5.74, 6) is 1.01. The van der Waals surface area contributed by atoms with E-state index in [9.17, 15) is 5.11 Å². The molecule has 29 heavy (non-hydrogen) atoms. The van der Waals surface area contributed by atoms with Crippen LogP contribution in [-0.4, -0.2) is 50.9 Å².